The molecule has 0 aliphatic heterocycles. The lowest BCUT2D eigenvalue weighted by atomic mass is 10.0. The maximum Gasteiger partial charge on any atom is 0.140 e. The smallest absolute Gasteiger partial charge is 0.140 e. The van der Waals surface area contributed by atoms with Gasteiger partial charge in [-0.3, -0.25) is 0 Å². The van der Waals surface area contributed by atoms with E-state index in [9.17, 15) is 0 Å². The van der Waals surface area contributed by atoms with E-state index in [0.717, 1.165) is 39.2 Å². The van der Waals surface area contributed by atoms with Gasteiger partial charge in [0.05, 0.1) is 11.0 Å². The molecule has 1 heterocycles. The second-order valence-electron chi connectivity index (χ2n) is 5.46. The van der Waals surface area contributed by atoms with Crippen LogP contribution in [0.4, 0.5) is 11.4 Å². The number of benzene rings is 3. The van der Waals surface area contributed by atoms with Gasteiger partial charge in [0.1, 0.15) is 5.82 Å². The number of H-pyrrole nitrogens is 1. The number of rotatable bonds is 2. The molecule has 3 aromatic carbocycles. The number of aromatic nitrogens is 2. The number of para-hydroxylation sites is 3. The molecule has 0 saturated heterocycles. The molecule has 4 heteroatoms. The van der Waals surface area contributed by atoms with Crippen molar-refractivity contribution in [2.75, 3.05) is 11.5 Å². The molecule has 4 rings (SSSR count). The molecule has 112 valence electrons. The molecule has 0 spiro atoms. The summed E-state index contributed by atoms with van der Waals surface area (Å²) in [5, 5.41) is 0. The first-order valence-electron chi connectivity index (χ1n) is 7.42. The van der Waals surface area contributed by atoms with E-state index in [2.05, 4.69) is 4.98 Å². The quantitative estimate of drug-likeness (QED) is 0.488. The number of nitrogens with zero attached hydrogens (tertiary/aromatic N) is 1. The highest BCUT2D eigenvalue weighted by atomic mass is 14.9. The molecule has 0 bridgehead atoms. The van der Waals surface area contributed by atoms with Crippen molar-refractivity contribution >= 4 is 22.4 Å². The number of fused-ring (bicyclic) bond motifs is 1. The van der Waals surface area contributed by atoms with Gasteiger partial charge in [-0.25, -0.2) is 4.98 Å². The predicted molar refractivity (Wildman–Crippen MR) is 95.8 cm³/mol. The normalized spacial score (nSPS) is 11.0. The summed E-state index contributed by atoms with van der Waals surface area (Å²) < 4.78 is 0. The van der Waals surface area contributed by atoms with Gasteiger partial charge in [0.25, 0.3) is 0 Å². The van der Waals surface area contributed by atoms with Crippen molar-refractivity contribution in [2.24, 2.45) is 0 Å². The van der Waals surface area contributed by atoms with Crippen molar-refractivity contribution < 1.29 is 0 Å². The predicted octanol–water partition coefficient (Wildman–Crippen LogP) is 4.06. The first-order valence-corrected chi connectivity index (χ1v) is 7.42. The van der Waals surface area contributed by atoms with Crippen LogP contribution < -0.4 is 11.5 Å². The van der Waals surface area contributed by atoms with E-state index in [0.29, 0.717) is 5.69 Å². The minimum absolute atomic E-state index is 0.701. The van der Waals surface area contributed by atoms with E-state index in [-0.39, 0.29) is 0 Å². The Morgan fingerprint density at radius 3 is 1.96 bits per heavy atom. The third-order valence-electron chi connectivity index (χ3n) is 3.98. The second-order valence-corrected chi connectivity index (χ2v) is 5.46. The highest BCUT2D eigenvalue weighted by Crippen LogP contribution is 2.33. The average molecular weight is 300 g/mol. The van der Waals surface area contributed by atoms with Crippen LogP contribution in [0, 0.1) is 0 Å². The van der Waals surface area contributed by atoms with E-state index in [1.807, 2.05) is 66.7 Å². The molecule has 0 saturated carbocycles. The molecule has 0 radical (unpaired) electrons. The van der Waals surface area contributed by atoms with Crippen molar-refractivity contribution in [3.8, 4) is 22.5 Å². The van der Waals surface area contributed by atoms with Crippen LogP contribution in [0.25, 0.3) is 33.5 Å². The van der Waals surface area contributed by atoms with Gasteiger partial charge in [-0.1, -0.05) is 42.5 Å². The second kappa shape index (κ2) is 5.18. The Labute approximate surface area is 133 Å². The first-order chi connectivity index (χ1) is 11.2. The van der Waals surface area contributed by atoms with Crippen LogP contribution in [0.3, 0.4) is 0 Å². The number of aromatic amines is 1. The van der Waals surface area contributed by atoms with Crippen LogP contribution in [0.1, 0.15) is 0 Å². The number of hydrogen-bond donors (Lipinski definition) is 3. The van der Waals surface area contributed by atoms with Crippen molar-refractivity contribution in [2.45, 2.75) is 0 Å². The average Bonchev–Trinajstić information content (AvgIpc) is 3.00. The number of anilines is 2. The van der Waals surface area contributed by atoms with Gasteiger partial charge in [-0.2, -0.15) is 0 Å². The van der Waals surface area contributed by atoms with Gasteiger partial charge in [-0.15, -0.1) is 0 Å². The highest BCUT2D eigenvalue weighted by molar-refractivity contribution is 5.97. The Hall–Kier alpha value is -3.27. The maximum absolute atomic E-state index is 6.13. The fourth-order valence-electron chi connectivity index (χ4n) is 2.83. The molecule has 23 heavy (non-hydrogen) atoms. The minimum Gasteiger partial charge on any atom is -0.398 e. The SMILES string of the molecule is Nc1ccccc1-c1nc2c(-c3ccccc3N)cccc2[nH]1. The Morgan fingerprint density at radius 1 is 0.652 bits per heavy atom. The number of imidazole rings is 1. The lowest BCUT2D eigenvalue weighted by molar-refractivity contribution is 1.34. The summed E-state index contributed by atoms with van der Waals surface area (Å²) in [5.41, 5.74) is 18.4. The maximum atomic E-state index is 6.13. The molecular formula is C19H16N4. The molecule has 0 fully saturated rings. The number of nitrogens with one attached hydrogen (secondary N) is 1. The summed E-state index contributed by atoms with van der Waals surface area (Å²) in [6.45, 7) is 0. The lowest BCUT2D eigenvalue weighted by Crippen LogP contribution is -1.91. The molecule has 0 aliphatic carbocycles. The van der Waals surface area contributed by atoms with Crippen molar-refractivity contribution in [3.05, 3.63) is 66.7 Å². The van der Waals surface area contributed by atoms with Gasteiger partial charge in [0.15, 0.2) is 0 Å². The number of nitrogen functional groups attached to an aromatic ring is 2. The van der Waals surface area contributed by atoms with E-state index in [1.54, 1.807) is 0 Å². The summed E-state index contributed by atoms with van der Waals surface area (Å²) in [4.78, 5) is 8.12. The van der Waals surface area contributed by atoms with E-state index >= 15 is 0 Å². The largest absolute Gasteiger partial charge is 0.398 e. The third-order valence-corrected chi connectivity index (χ3v) is 3.98. The molecular weight excluding hydrogens is 284 g/mol. The summed E-state index contributed by atoms with van der Waals surface area (Å²) >= 11 is 0. The van der Waals surface area contributed by atoms with Crippen LogP contribution in [-0.4, -0.2) is 9.97 Å². The molecule has 0 amide bonds. The first kappa shape index (κ1) is 13.4. The highest BCUT2D eigenvalue weighted by Gasteiger charge is 2.12. The molecule has 4 nitrogen and oxygen atoms in total. The molecule has 0 unspecified atom stereocenters. The number of hydrogen-bond acceptors (Lipinski definition) is 3. The van der Waals surface area contributed by atoms with Gasteiger partial charge >= 0.3 is 0 Å². The Bertz CT molecular complexity index is 1000. The summed E-state index contributed by atoms with van der Waals surface area (Å²) in [6.07, 6.45) is 0. The fraction of sp³-hybridized carbons (Fsp3) is 0. The van der Waals surface area contributed by atoms with Crippen molar-refractivity contribution in [1.29, 1.82) is 0 Å². The van der Waals surface area contributed by atoms with E-state index < -0.39 is 0 Å². The van der Waals surface area contributed by atoms with Gasteiger partial charge in [-0.05, 0) is 24.3 Å². The monoisotopic (exact) mass is 300 g/mol. The lowest BCUT2D eigenvalue weighted by Gasteiger charge is -2.05. The van der Waals surface area contributed by atoms with Crippen molar-refractivity contribution in [1.82, 2.24) is 9.97 Å². The molecule has 1 aromatic heterocycles. The van der Waals surface area contributed by atoms with E-state index in [4.69, 9.17) is 16.5 Å². The third kappa shape index (κ3) is 2.21. The summed E-state index contributed by atoms with van der Waals surface area (Å²) in [6, 6.07) is 21.6. The zero-order chi connectivity index (χ0) is 15.8. The van der Waals surface area contributed by atoms with Crippen LogP contribution in [0.5, 0.6) is 0 Å². The Kier molecular flexibility index (Phi) is 3.01. The van der Waals surface area contributed by atoms with Crippen LogP contribution >= 0.6 is 0 Å². The van der Waals surface area contributed by atoms with E-state index in [1.165, 1.54) is 0 Å². The molecule has 4 aromatic rings. The standard InChI is InChI=1S/C19H16N4/c20-15-9-3-1-6-12(15)13-8-5-11-17-18(13)23-19(22-17)14-7-2-4-10-16(14)21/h1-11H,20-21H2,(H,22,23). The molecule has 5 N–H and O–H groups in total. The van der Waals surface area contributed by atoms with Crippen LogP contribution in [-0.2, 0) is 0 Å². The summed E-state index contributed by atoms with van der Waals surface area (Å²) in [7, 11) is 0. The van der Waals surface area contributed by atoms with Gasteiger partial charge < -0.3 is 16.5 Å². The Balaban J connectivity index is 1.96. The van der Waals surface area contributed by atoms with Crippen molar-refractivity contribution in [3.63, 3.8) is 0 Å². The number of nitrogens with two attached hydrogens (primary N) is 2. The molecule has 0 atom stereocenters. The van der Waals surface area contributed by atoms with Gasteiger partial charge in [0.2, 0.25) is 0 Å². The van der Waals surface area contributed by atoms with Crippen LogP contribution in [0.15, 0.2) is 66.7 Å². The topological polar surface area (TPSA) is 80.7 Å². The minimum atomic E-state index is 0.701. The fourth-order valence-corrected chi connectivity index (χ4v) is 2.83. The Morgan fingerprint density at radius 2 is 1.26 bits per heavy atom. The zero-order valence-corrected chi connectivity index (χ0v) is 12.5. The van der Waals surface area contributed by atoms with Crippen LogP contribution in [0.2, 0.25) is 0 Å². The molecule has 0 aliphatic rings. The summed E-state index contributed by atoms with van der Waals surface area (Å²) in [5.74, 6) is 0.764. The van der Waals surface area contributed by atoms with Gasteiger partial charge in [0, 0.05) is 28.1 Å². The zero-order valence-electron chi connectivity index (χ0n) is 12.5.